The average molecular weight is 434 g/mol. The fourth-order valence-corrected chi connectivity index (χ4v) is 4.62. The van der Waals surface area contributed by atoms with Gasteiger partial charge in [-0.1, -0.05) is 37.1 Å². The summed E-state index contributed by atoms with van der Waals surface area (Å²) in [5, 5.41) is 11.3. The van der Waals surface area contributed by atoms with E-state index in [-0.39, 0.29) is 11.3 Å². The van der Waals surface area contributed by atoms with E-state index in [1.807, 2.05) is 36.4 Å². The standard InChI is InChI=1S/C25H27N3O4/c29-22(10-11-23-27-28-24(32-23)18-6-2-1-3-7-18)26-17-25(12-4-5-13-25)19-8-9-20-21(16-19)31-15-14-30-20/h1-3,6-9,16H,4-5,10-15,17H2,(H,26,29). The number of hydrogen-bond donors (Lipinski definition) is 1. The highest BCUT2D eigenvalue weighted by Crippen LogP contribution is 2.43. The topological polar surface area (TPSA) is 86.5 Å². The summed E-state index contributed by atoms with van der Waals surface area (Å²) >= 11 is 0. The summed E-state index contributed by atoms with van der Waals surface area (Å²) in [6, 6.07) is 15.8. The lowest BCUT2D eigenvalue weighted by atomic mass is 9.78. The quantitative estimate of drug-likeness (QED) is 0.605. The third-order valence-electron chi connectivity index (χ3n) is 6.39. The van der Waals surface area contributed by atoms with Gasteiger partial charge >= 0.3 is 0 Å². The van der Waals surface area contributed by atoms with Crippen molar-refractivity contribution in [2.75, 3.05) is 19.8 Å². The number of aryl methyl sites for hydroxylation is 1. The van der Waals surface area contributed by atoms with Gasteiger partial charge in [0, 0.05) is 30.4 Å². The summed E-state index contributed by atoms with van der Waals surface area (Å²) in [6.45, 7) is 1.77. The Balaban J connectivity index is 1.19. The van der Waals surface area contributed by atoms with Crippen LogP contribution in [-0.4, -0.2) is 35.9 Å². The number of aromatic nitrogens is 2. The second-order valence-electron chi connectivity index (χ2n) is 8.49. The van der Waals surface area contributed by atoms with Crippen LogP contribution in [0.5, 0.6) is 11.5 Å². The average Bonchev–Trinajstić information content (AvgIpc) is 3.52. The van der Waals surface area contributed by atoms with Gasteiger partial charge in [0.1, 0.15) is 13.2 Å². The molecule has 166 valence electrons. The molecule has 0 spiro atoms. The van der Waals surface area contributed by atoms with E-state index in [1.54, 1.807) is 0 Å². The van der Waals surface area contributed by atoms with Crippen LogP contribution in [0.4, 0.5) is 0 Å². The zero-order valence-corrected chi connectivity index (χ0v) is 18.0. The van der Waals surface area contributed by atoms with Gasteiger partial charge in [0.25, 0.3) is 0 Å². The number of fused-ring (bicyclic) bond motifs is 1. The van der Waals surface area contributed by atoms with E-state index in [4.69, 9.17) is 13.9 Å². The van der Waals surface area contributed by atoms with E-state index in [0.29, 0.717) is 44.4 Å². The number of carbonyl (C=O) groups is 1. The SMILES string of the molecule is O=C(CCc1nnc(-c2ccccc2)o1)NCC1(c2ccc3c(c2)OCCO3)CCCC1. The Hall–Kier alpha value is -3.35. The Kier molecular flexibility index (Phi) is 5.79. The minimum Gasteiger partial charge on any atom is -0.486 e. The predicted molar refractivity (Wildman–Crippen MR) is 119 cm³/mol. The number of amides is 1. The highest BCUT2D eigenvalue weighted by molar-refractivity contribution is 5.76. The number of nitrogens with one attached hydrogen (secondary N) is 1. The van der Waals surface area contributed by atoms with Crippen molar-refractivity contribution in [3.8, 4) is 23.0 Å². The molecule has 0 unspecified atom stereocenters. The molecule has 1 aliphatic heterocycles. The van der Waals surface area contributed by atoms with Crippen molar-refractivity contribution in [2.24, 2.45) is 0 Å². The first-order valence-electron chi connectivity index (χ1n) is 11.3. The fraction of sp³-hybridized carbons (Fsp3) is 0.400. The maximum absolute atomic E-state index is 12.6. The van der Waals surface area contributed by atoms with Gasteiger partial charge in [-0.2, -0.15) is 0 Å². The zero-order valence-electron chi connectivity index (χ0n) is 18.0. The van der Waals surface area contributed by atoms with Gasteiger partial charge in [-0.3, -0.25) is 4.79 Å². The van der Waals surface area contributed by atoms with Crippen LogP contribution in [0.25, 0.3) is 11.5 Å². The highest BCUT2D eigenvalue weighted by Gasteiger charge is 2.36. The first-order chi connectivity index (χ1) is 15.7. The molecule has 1 saturated carbocycles. The van der Waals surface area contributed by atoms with Crippen molar-refractivity contribution >= 4 is 5.91 Å². The molecular formula is C25H27N3O4. The maximum Gasteiger partial charge on any atom is 0.247 e. The van der Waals surface area contributed by atoms with Crippen LogP contribution >= 0.6 is 0 Å². The molecule has 0 atom stereocenters. The third-order valence-corrected chi connectivity index (χ3v) is 6.39. The van der Waals surface area contributed by atoms with Gasteiger partial charge in [-0.25, -0.2) is 0 Å². The lowest BCUT2D eigenvalue weighted by Gasteiger charge is -2.31. The first-order valence-corrected chi connectivity index (χ1v) is 11.3. The minimum absolute atomic E-state index is 0.00622. The smallest absolute Gasteiger partial charge is 0.247 e. The summed E-state index contributed by atoms with van der Waals surface area (Å²) in [7, 11) is 0. The Labute approximate surface area is 187 Å². The Morgan fingerprint density at radius 1 is 0.969 bits per heavy atom. The number of rotatable bonds is 7. The molecule has 1 amide bonds. The molecular weight excluding hydrogens is 406 g/mol. The second-order valence-corrected chi connectivity index (χ2v) is 8.49. The lowest BCUT2D eigenvalue weighted by molar-refractivity contribution is -0.121. The van der Waals surface area contributed by atoms with Gasteiger partial charge in [-0.15, -0.1) is 10.2 Å². The summed E-state index contributed by atoms with van der Waals surface area (Å²) < 4.78 is 17.2. The van der Waals surface area contributed by atoms with Crippen LogP contribution in [0, 0.1) is 0 Å². The van der Waals surface area contributed by atoms with Crippen LogP contribution in [0.2, 0.25) is 0 Å². The zero-order chi connectivity index (χ0) is 21.8. The molecule has 7 nitrogen and oxygen atoms in total. The van der Waals surface area contributed by atoms with E-state index in [9.17, 15) is 4.79 Å². The van der Waals surface area contributed by atoms with Crippen LogP contribution in [0.3, 0.4) is 0 Å². The molecule has 0 radical (unpaired) electrons. The highest BCUT2D eigenvalue weighted by atomic mass is 16.6. The Bertz CT molecular complexity index is 1070. The molecule has 7 heteroatoms. The van der Waals surface area contributed by atoms with Crippen LogP contribution < -0.4 is 14.8 Å². The molecule has 0 saturated heterocycles. The van der Waals surface area contributed by atoms with Crippen molar-refractivity contribution in [1.29, 1.82) is 0 Å². The van der Waals surface area contributed by atoms with Crippen molar-refractivity contribution in [3.05, 3.63) is 60.0 Å². The molecule has 1 aliphatic carbocycles. The van der Waals surface area contributed by atoms with E-state index in [2.05, 4.69) is 27.6 Å². The third kappa shape index (κ3) is 4.33. The maximum atomic E-state index is 12.6. The van der Waals surface area contributed by atoms with Gasteiger partial charge < -0.3 is 19.2 Å². The largest absolute Gasteiger partial charge is 0.486 e. The number of hydrogen-bond acceptors (Lipinski definition) is 6. The monoisotopic (exact) mass is 433 g/mol. The molecule has 5 rings (SSSR count). The van der Waals surface area contributed by atoms with E-state index in [0.717, 1.165) is 42.7 Å². The molecule has 3 aromatic rings. The fourth-order valence-electron chi connectivity index (χ4n) is 4.62. The van der Waals surface area contributed by atoms with Gasteiger partial charge in [0.15, 0.2) is 11.5 Å². The number of nitrogens with zero attached hydrogens (tertiary/aromatic N) is 2. The van der Waals surface area contributed by atoms with Crippen LogP contribution in [0.1, 0.15) is 43.6 Å². The van der Waals surface area contributed by atoms with Crippen LogP contribution in [-0.2, 0) is 16.6 Å². The molecule has 1 N–H and O–H groups in total. The molecule has 32 heavy (non-hydrogen) atoms. The number of benzene rings is 2. The van der Waals surface area contributed by atoms with Crippen molar-refractivity contribution in [2.45, 2.75) is 43.9 Å². The van der Waals surface area contributed by atoms with Crippen molar-refractivity contribution in [1.82, 2.24) is 15.5 Å². The van der Waals surface area contributed by atoms with Gasteiger partial charge in [0.2, 0.25) is 17.7 Å². The molecule has 2 aromatic carbocycles. The predicted octanol–water partition coefficient (Wildman–Crippen LogP) is 4.07. The van der Waals surface area contributed by atoms with E-state index in [1.165, 1.54) is 5.56 Å². The normalized spacial score (nSPS) is 16.6. The molecule has 1 fully saturated rings. The molecule has 1 aromatic heterocycles. The first kappa shape index (κ1) is 20.5. The Morgan fingerprint density at radius 3 is 2.56 bits per heavy atom. The number of ether oxygens (including phenoxy) is 2. The molecule has 2 heterocycles. The van der Waals surface area contributed by atoms with Gasteiger partial charge in [0.05, 0.1) is 0 Å². The van der Waals surface area contributed by atoms with Crippen molar-refractivity contribution < 1.29 is 18.7 Å². The van der Waals surface area contributed by atoms with Gasteiger partial charge in [-0.05, 0) is 42.7 Å². The minimum atomic E-state index is -0.0591. The Morgan fingerprint density at radius 2 is 1.75 bits per heavy atom. The summed E-state index contributed by atoms with van der Waals surface area (Å²) in [6.07, 6.45) is 5.16. The van der Waals surface area contributed by atoms with E-state index < -0.39 is 0 Å². The van der Waals surface area contributed by atoms with Crippen molar-refractivity contribution in [3.63, 3.8) is 0 Å². The number of carbonyl (C=O) groups excluding carboxylic acids is 1. The summed E-state index contributed by atoms with van der Waals surface area (Å²) in [5.41, 5.74) is 2.03. The van der Waals surface area contributed by atoms with E-state index >= 15 is 0 Å². The lowest BCUT2D eigenvalue weighted by Crippen LogP contribution is -2.39. The van der Waals surface area contributed by atoms with Crippen LogP contribution in [0.15, 0.2) is 52.9 Å². The molecule has 2 aliphatic rings. The molecule has 0 bridgehead atoms. The summed E-state index contributed by atoms with van der Waals surface area (Å²) in [4.78, 5) is 12.6. The summed E-state index contributed by atoms with van der Waals surface area (Å²) in [5.74, 6) is 2.54. The second kappa shape index (κ2) is 9.02.